The van der Waals surface area contributed by atoms with Crippen molar-refractivity contribution in [3.8, 4) is 22.5 Å². The predicted molar refractivity (Wildman–Crippen MR) is 128 cm³/mol. The molecule has 35 heavy (non-hydrogen) atoms. The third kappa shape index (κ3) is 5.22. The fourth-order valence-electron chi connectivity index (χ4n) is 3.33. The highest BCUT2D eigenvalue weighted by Gasteiger charge is 2.20. The lowest BCUT2D eigenvalue weighted by atomic mass is 10.0. The highest BCUT2D eigenvalue weighted by Crippen LogP contribution is 2.33. The molecule has 0 aliphatic carbocycles. The lowest BCUT2D eigenvalue weighted by Crippen LogP contribution is -2.00. The summed E-state index contributed by atoms with van der Waals surface area (Å²) >= 11 is 0. The van der Waals surface area contributed by atoms with Crippen LogP contribution in [0, 0.1) is 10.1 Å². The molecule has 0 radical (unpaired) electrons. The van der Waals surface area contributed by atoms with E-state index in [-0.39, 0.29) is 16.9 Å². The lowest BCUT2D eigenvalue weighted by Gasteiger charge is -2.11. The number of rotatable bonds is 7. The van der Waals surface area contributed by atoms with Crippen molar-refractivity contribution in [2.45, 2.75) is 0 Å². The van der Waals surface area contributed by atoms with E-state index in [1.807, 2.05) is 0 Å². The van der Waals surface area contributed by atoms with E-state index >= 15 is 0 Å². The van der Waals surface area contributed by atoms with E-state index in [0.717, 1.165) is 12.2 Å². The Morgan fingerprint density at radius 3 is 1.71 bits per heavy atom. The van der Waals surface area contributed by atoms with Gasteiger partial charge in [0.2, 0.25) is 0 Å². The zero-order valence-electron chi connectivity index (χ0n) is 17.9. The minimum atomic E-state index is -1.07. The quantitative estimate of drug-likeness (QED) is 0.227. The number of fused-ring (bicyclic) bond motifs is 1. The first kappa shape index (κ1) is 22.9. The van der Waals surface area contributed by atoms with E-state index in [9.17, 15) is 19.7 Å². The van der Waals surface area contributed by atoms with Crippen molar-refractivity contribution in [3.05, 3.63) is 94.2 Å². The van der Waals surface area contributed by atoms with Gasteiger partial charge in [-0.15, -0.1) is 0 Å². The van der Waals surface area contributed by atoms with Gasteiger partial charge in [0.1, 0.15) is 0 Å². The molecule has 4 rings (SSSR count). The summed E-state index contributed by atoms with van der Waals surface area (Å²) in [5, 5.41) is 29.2. The van der Waals surface area contributed by atoms with Crippen LogP contribution in [0.1, 0.15) is 11.1 Å². The molecule has 0 atom stereocenters. The second-order valence-electron chi connectivity index (χ2n) is 7.27. The number of pyridine rings is 1. The second kappa shape index (κ2) is 9.71. The summed E-state index contributed by atoms with van der Waals surface area (Å²) in [6.45, 7) is 0. The predicted octanol–water partition coefficient (Wildman–Crippen LogP) is 4.46. The van der Waals surface area contributed by atoms with Crippen LogP contribution in [0.25, 0.3) is 45.8 Å². The average Bonchev–Trinajstić information content (AvgIpc) is 2.85. The molecule has 0 spiro atoms. The summed E-state index contributed by atoms with van der Waals surface area (Å²) < 4.78 is 0. The van der Waals surface area contributed by atoms with Gasteiger partial charge in [-0.3, -0.25) is 10.1 Å². The zero-order chi connectivity index (χ0) is 24.9. The molecule has 2 aromatic carbocycles. The highest BCUT2D eigenvalue weighted by atomic mass is 16.6. The van der Waals surface area contributed by atoms with Crippen molar-refractivity contribution in [2.75, 3.05) is 0 Å². The third-order valence-electron chi connectivity index (χ3n) is 4.95. The third-order valence-corrected chi connectivity index (χ3v) is 4.95. The van der Waals surface area contributed by atoms with E-state index in [2.05, 4.69) is 15.0 Å². The van der Waals surface area contributed by atoms with Crippen LogP contribution in [0.5, 0.6) is 0 Å². The molecule has 2 heterocycles. The maximum absolute atomic E-state index is 11.5. The van der Waals surface area contributed by atoms with E-state index in [1.165, 1.54) is 24.4 Å². The van der Waals surface area contributed by atoms with Crippen LogP contribution in [-0.4, -0.2) is 42.0 Å². The maximum Gasteiger partial charge on any atom is 0.328 e. The zero-order valence-corrected chi connectivity index (χ0v) is 17.9. The van der Waals surface area contributed by atoms with Crippen LogP contribution < -0.4 is 0 Å². The fourth-order valence-corrected chi connectivity index (χ4v) is 3.33. The summed E-state index contributed by atoms with van der Waals surface area (Å²) in [5.41, 5.74) is 3.26. The van der Waals surface area contributed by atoms with Crippen molar-refractivity contribution in [1.82, 2.24) is 15.0 Å². The molecular formula is C25H16N4O6. The normalized spacial score (nSPS) is 11.3. The molecule has 4 aromatic rings. The molecule has 0 saturated heterocycles. The van der Waals surface area contributed by atoms with Gasteiger partial charge >= 0.3 is 11.9 Å². The van der Waals surface area contributed by atoms with Crippen molar-refractivity contribution >= 4 is 40.9 Å². The SMILES string of the molecule is O=C(O)/C=C/c1ccc(-c2nc3nccc([N+](=O)[O-])c3nc2-c2ccc(/C=C/C(=O)O)cc2)cc1. The first-order valence-corrected chi connectivity index (χ1v) is 10.2. The van der Waals surface area contributed by atoms with Crippen LogP contribution in [0.2, 0.25) is 0 Å². The Morgan fingerprint density at radius 1 is 0.771 bits per heavy atom. The molecule has 0 bridgehead atoms. The van der Waals surface area contributed by atoms with Gasteiger partial charge in [0.05, 0.1) is 16.3 Å². The summed E-state index contributed by atoms with van der Waals surface area (Å²) in [5.74, 6) is -2.13. The highest BCUT2D eigenvalue weighted by molar-refractivity contribution is 5.90. The van der Waals surface area contributed by atoms with Gasteiger partial charge in [-0.25, -0.2) is 24.5 Å². The van der Waals surface area contributed by atoms with Gasteiger partial charge in [0, 0.05) is 35.5 Å². The largest absolute Gasteiger partial charge is 0.478 e. The molecule has 0 fully saturated rings. The van der Waals surface area contributed by atoms with Crippen LogP contribution >= 0.6 is 0 Å². The molecule has 2 N–H and O–H groups in total. The Balaban J connectivity index is 1.87. The topological polar surface area (TPSA) is 156 Å². The van der Waals surface area contributed by atoms with Crippen LogP contribution in [0.3, 0.4) is 0 Å². The number of carboxylic acid groups (broad SMARTS) is 2. The maximum atomic E-state index is 11.5. The van der Waals surface area contributed by atoms with Gasteiger partial charge in [-0.05, 0) is 23.3 Å². The lowest BCUT2D eigenvalue weighted by molar-refractivity contribution is -0.383. The first-order valence-electron chi connectivity index (χ1n) is 10.2. The number of carbonyl (C=O) groups is 2. The molecule has 0 saturated carbocycles. The monoisotopic (exact) mass is 468 g/mol. The summed E-state index contributed by atoms with van der Waals surface area (Å²) in [6.07, 6.45) is 6.23. The van der Waals surface area contributed by atoms with Gasteiger partial charge < -0.3 is 10.2 Å². The van der Waals surface area contributed by atoms with E-state index < -0.39 is 16.9 Å². The molecule has 0 aliphatic rings. The molecule has 0 unspecified atom stereocenters. The number of aliphatic carboxylic acids is 2. The molecule has 0 aliphatic heterocycles. The number of nitrogens with zero attached hydrogens (tertiary/aromatic N) is 4. The minimum absolute atomic E-state index is 0.0344. The Labute approximate surface area is 197 Å². The van der Waals surface area contributed by atoms with E-state index in [4.69, 9.17) is 10.2 Å². The van der Waals surface area contributed by atoms with Crippen molar-refractivity contribution in [1.29, 1.82) is 0 Å². The average molecular weight is 468 g/mol. The summed E-state index contributed by atoms with van der Waals surface area (Å²) in [7, 11) is 0. The van der Waals surface area contributed by atoms with Crippen LogP contribution in [0.4, 0.5) is 5.69 Å². The van der Waals surface area contributed by atoms with Crippen molar-refractivity contribution < 1.29 is 24.7 Å². The van der Waals surface area contributed by atoms with Gasteiger partial charge in [-0.1, -0.05) is 48.5 Å². The van der Waals surface area contributed by atoms with Crippen molar-refractivity contribution in [2.24, 2.45) is 0 Å². The molecule has 0 amide bonds. The Hall–Kier alpha value is -5.25. The number of carboxylic acids is 2. The standard InChI is InChI=1S/C25H16N4O6/c30-20(31)11-5-15-1-7-17(8-2-15)22-23(18-9-3-16(4-10-18)6-12-21(32)33)28-25-24(27-22)19(29(34)35)13-14-26-25/h1-14H,(H,30,31)(H,32,33)/b11-5+,12-6+. The van der Waals surface area contributed by atoms with Gasteiger partial charge in [-0.2, -0.15) is 0 Å². The molecule has 10 heteroatoms. The van der Waals surface area contributed by atoms with E-state index in [1.54, 1.807) is 48.5 Å². The number of benzene rings is 2. The molecule has 2 aromatic heterocycles. The van der Waals surface area contributed by atoms with Crippen LogP contribution in [0.15, 0.2) is 72.9 Å². The molecule has 172 valence electrons. The number of hydrogen-bond acceptors (Lipinski definition) is 7. The van der Waals surface area contributed by atoms with Gasteiger partial charge in [0.25, 0.3) is 5.69 Å². The van der Waals surface area contributed by atoms with Crippen molar-refractivity contribution in [3.63, 3.8) is 0 Å². The Kier molecular flexibility index (Phi) is 6.36. The Bertz CT molecular complexity index is 1510. The van der Waals surface area contributed by atoms with E-state index in [0.29, 0.717) is 33.6 Å². The number of nitro groups is 1. The van der Waals surface area contributed by atoms with Gasteiger partial charge in [0.15, 0.2) is 11.2 Å². The number of aromatic nitrogens is 3. The Morgan fingerprint density at radius 2 is 1.26 bits per heavy atom. The van der Waals surface area contributed by atoms with Crippen LogP contribution in [-0.2, 0) is 9.59 Å². The molecule has 10 nitrogen and oxygen atoms in total. The fraction of sp³-hybridized carbons (Fsp3) is 0. The summed E-state index contributed by atoms with van der Waals surface area (Å²) in [4.78, 5) is 45.8. The first-order chi connectivity index (χ1) is 16.8. The smallest absolute Gasteiger partial charge is 0.328 e. The minimum Gasteiger partial charge on any atom is -0.478 e. The summed E-state index contributed by atoms with van der Waals surface area (Å²) in [6, 6.07) is 15.0. The second-order valence-corrected chi connectivity index (χ2v) is 7.27. The molecular weight excluding hydrogens is 452 g/mol. The number of hydrogen-bond donors (Lipinski definition) is 2.